The number of Topliss-reactive ketones (excluding diaryl/α,β-unsaturated/α-hetero) is 1. The molecule has 0 aliphatic carbocycles. The first-order chi connectivity index (χ1) is 19.9. The number of benzene rings is 3. The summed E-state index contributed by atoms with van der Waals surface area (Å²) in [6.07, 6.45) is 4.90. The van der Waals surface area contributed by atoms with Crippen molar-refractivity contribution in [1.82, 2.24) is 14.5 Å². The number of nitrogens with one attached hydrogen (secondary N) is 2. The van der Waals surface area contributed by atoms with Crippen LogP contribution in [0.5, 0.6) is 5.88 Å². The lowest BCUT2D eigenvalue weighted by Crippen LogP contribution is -2.18. The predicted molar refractivity (Wildman–Crippen MR) is 153 cm³/mol. The third-order valence-corrected chi connectivity index (χ3v) is 6.13. The van der Waals surface area contributed by atoms with E-state index >= 15 is 0 Å². The molecule has 204 valence electrons. The number of anilines is 2. The number of aromatic nitrogens is 3. The number of carbonyl (C=O) groups excluding carboxylic acids is 2. The Bertz CT molecular complexity index is 1670. The Balaban J connectivity index is 1.29. The normalized spacial score (nSPS) is 10.5. The van der Waals surface area contributed by atoms with Crippen molar-refractivity contribution in [2.24, 2.45) is 0 Å². The van der Waals surface area contributed by atoms with E-state index in [-0.39, 0.29) is 17.2 Å². The fourth-order valence-corrected chi connectivity index (χ4v) is 4.11. The van der Waals surface area contributed by atoms with Crippen LogP contribution in [0.25, 0.3) is 16.8 Å². The molecule has 0 fully saturated rings. The van der Waals surface area contributed by atoms with Crippen LogP contribution >= 0.6 is 0 Å². The van der Waals surface area contributed by atoms with Gasteiger partial charge >= 0.3 is 6.09 Å². The van der Waals surface area contributed by atoms with E-state index in [2.05, 4.69) is 20.6 Å². The summed E-state index contributed by atoms with van der Waals surface area (Å²) in [5.41, 5.74) is 3.90. The van der Waals surface area contributed by atoms with Crippen LogP contribution in [0.15, 0.2) is 110 Å². The van der Waals surface area contributed by atoms with Crippen molar-refractivity contribution < 1.29 is 24.2 Å². The molecule has 0 spiro atoms. The summed E-state index contributed by atoms with van der Waals surface area (Å²) in [5.74, 6) is -0.522. The number of pyridine rings is 1. The van der Waals surface area contributed by atoms with Crippen LogP contribution < -0.4 is 15.4 Å². The Hall–Kier alpha value is -5.77. The first kappa shape index (κ1) is 26.8. The average molecular weight is 548 g/mol. The second kappa shape index (κ2) is 12.4. The van der Waals surface area contributed by atoms with Gasteiger partial charge in [0.25, 0.3) is 0 Å². The maximum absolute atomic E-state index is 12.9. The molecule has 0 unspecified atom stereocenters. The highest BCUT2D eigenvalue weighted by atomic mass is 16.5. The van der Waals surface area contributed by atoms with Crippen molar-refractivity contribution in [3.63, 3.8) is 0 Å². The highest BCUT2D eigenvalue weighted by molar-refractivity contribution is 6.12. The molecule has 0 saturated heterocycles. The quantitative estimate of drug-likeness (QED) is 0.148. The van der Waals surface area contributed by atoms with Crippen molar-refractivity contribution in [2.75, 3.05) is 10.6 Å². The van der Waals surface area contributed by atoms with Crippen LogP contribution in [0.4, 0.5) is 16.2 Å². The van der Waals surface area contributed by atoms with Crippen molar-refractivity contribution in [3.8, 4) is 22.7 Å². The number of carboxylic acid groups (broad SMARTS) is 1. The van der Waals surface area contributed by atoms with Gasteiger partial charge in [-0.3, -0.25) is 14.9 Å². The first-order valence-electron chi connectivity index (χ1n) is 12.6. The van der Waals surface area contributed by atoms with Crippen LogP contribution in [0, 0.1) is 0 Å². The number of nitrogens with zero attached hydrogens (tertiary/aromatic N) is 3. The molecular weight excluding hydrogens is 522 g/mol. The Morgan fingerprint density at radius 3 is 2.41 bits per heavy atom. The first-order valence-corrected chi connectivity index (χ1v) is 12.6. The second-order valence-corrected chi connectivity index (χ2v) is 9.02. The Labute approximate surface area is 235 Å². The fourth-order valence-electron chi connectivity index (χ4n) is 4.11. The monoisotopic (exact) mass is 547 g/mol. The zero-order valence-electron chi connectivity index (χ0n) is 21.7. The van der Waals surface area contributed by atoms with Crippen molar-refractivity contribution >= 4 is 29.2 Å². The van der Waals surface area contributed by atoms with Crippen molar-refractivity contribution in [3.05, 3.63) is 121 Å². The minimum atomic E-state index is -1.29. The van der Waals surface area contributed by atoms with E-state index in [1.807, 2.05) is 42.5 Å². The van der Waals surface area contributed by atoms with Crippen LogP contribution in [0.1, 0.15) is 22.3 Å². The molecule has 0 aliphatic rings. The number of amides is 2. The Morgan fingerprint density at radius 1 is 0.854 bits per heavy atom. The molecule has 0 aliphatic heterocycles. The van der Waals surface area contributed by atoms with E-state index in [4.69, 9.17) is 4.74 Å². The molecule has 41 heavy (non-hydrogen) atoms. The van der Waals surface area contributed by atoms with Gasteiger partial charge < -0.3 is 19.7 Å². The summed E-state index contributed by atoms with van der Waals surface area (Å²) in [4.78, 5) is 45.5. The largest absolute Gasteiger partial charge is 0.473 e. The number of imidazole rings is 1. The summed E-state index contributed by atoms with van der Waals surface area (Å²) < 4.78 is 7.50. The van der Waals surface area contributed by atoms with Gasteiger partial charge in [-0.1, -0.05) is 48.5 Å². The molecule has 2 heterocycles. The lowest BCUT2D eigenvalue weighted by atomic mass is 10.0. The van der Waals surface area contributed by atoms with Gasteiger partial charge in [-0.15, -0.1) is 0 Å². The molecule has 5 rings (SSSR count). The van der Waals surface area contributed by atoms with Crippen LogP contribution in [0.3, 0.4) is 0 Å². The van der Waals surface area contributed by atoms with E-state index in [1.165, 1.54) is 6.07 Å². The molecule has 5 aromatic rings. The zero-order valence-corrected chi connectivity index (χ0v) is 21.7. The molecule has 10 nitrogen and oxygen atoms in total. The van der Waals surface area contributed by atoms with E-state index in [1.54, 1.807) is 65.9 Å². The minimum Gasteiger partial charge on any atom is -0.473 e. The molecule has 0 bridgehead atoms. The second-order valence-electron chi connectivity index (χ2n) is 9.02. The summed E-state index contributed by atoms with van der Waals surface area (Å²) in [7, 11) is 0. The average Bonchev–Trinajstić information content (AvgIpc) is 3.53. The summed E-state index contributed by atoms with van der Waals surface area (Å²) >= 11 is 0. The zero-order chi connectivity index (χ0) is 28.6. The SMILES string of the molecule is O=C(O)Nc1ccc(-c2ccc(OCc3ccccc3)nc2)cc1NC(=O)CC(=O)c1cccc(-n2ccnc2)c1. The molecule has 0 saturated carbocycles. The van der Waals surface area contributed by atoms with Gasteiger partial charge in [0, 0.05) is 41.5 Å². The molecule has 10 heteroatoms. The predicted octanol–water partition coefficient (Wildman–Crippen LogP) is 5.81. The third kappa shape index (κ3) is 7.01. The fraction of sp³-hybridized carbons (Fsp3) is 0.0645. The lowest BCUT2D eigenvalue weighted by molar-refractivity contribution is -0.115. The molecule has 3 N–H and O–H groups in total. The molecule has 3 aromatic carbocycles. The van der Waals surface area contributed by atoms with Gasteiger partial charge in [-0.2, -0.15) is 0 Å². The number of hydrogen-bond donors (Lipinski definition) is 3. The number of ether oxygens (including phenoxy) is 1. The topological polar surface area (TPSA) is 135 Å². The molecule has 2 aromatic heterocycles. The highest BCUT2D eigenvalue weighted by Gasteiger charge is 2.16. The van der Waals surface area contributed by atoms with Gasteiger partial charge in [0.05, 0.1) is 24.1 Å². The third-order valence-electron chi connectivity index (χ3n) is 6.13. The van der Waals surface area contributed by atoms with Gasteiger partial charge in [-0.05, 0) is 41.5 Å². The Kier molecular flexibility index (Phi) is 8.11. The van der Waals surface area contributed by atoms with Crippen LogP contribution in [-0.4, -0.2) is 37.4 Å². The Morgan fingerprint density at radius 2 is 1.68 bits per heavy atom. The van der Waals surface area contributed by atoms with Gasteiger partial charge in [0.15, 0.2) is 5.78 Å². The highest BCUT2D eigenvalue weighted by Crippen LogP contribution is 2.30. The summed E-state index contributed by atoms with van der Waals surface area (Å²) in [6, 6.07) is 25.0. The molecular formula is C31H25N5O5. The summed E-state index contributed by atoms with van der Waals surface area (Å²) in [5, 5.41) is 14.2. The van der Waals surface area contributed by atoms with E-state index in [9.17, 15) is 19.5 Å². The minimum absolute atomic E-state index is 0.167. The van der Waals surface area contributed by atoms with Gasteiger partial charge in [0.1, 0.15) is 6.61 Å². The maximum Gasteiger partial charge on any atom is 0.409 e. The van der Waals surface area contributed by atoms with Crippen molar-refractivity contribution in [1.29, 1.82) is 0 Å². The number of ketones is 1. The maximum atomic E-state index is 12.9. The number of hydrogen-bond acceptors (Lipinski definition) is 6. The summed E-state index contributed by atoms with van der Waals surface area (Å²) in [6.45, 7) is 0.380. The molecule has 0 atom stereocenters. The molecule has 0 radical (unpaired) electrons. The number of carbonyl (C=O) groups is 3. The molecule has 2 amide bonds. The van der Waals surface area contributed by atoms with Gasteiger partial charge in [-0.25, -0.2) is 14.8 Å². The van der Waals surface area contributed by atoms with Crippen LogP contribution in [0.2, 0.25) is 0 Å². The van der Waals surface area contributed by atoms with E-state index < -0.39 is 18.4 Å². The van der Waals surface area contributed by atoms with Crippen molar-refractivity contribution in [2.45, 2.75) is 13.0 Å². The smallest absolute Gasteiger partial charge is 0.409 e. The van der Waals surface area contributed by atoms with E-state index in [0.29, 0.717) is 23.6 Å². The van der Waals surface area contributed by atoms with Gasteiger partial charge in [0.2, 0.25) is 11.8 Å². The van der Waals surface area contributed by atoms with Crippen LogP contribution in [-0.2, 0) is 11.4 Å². The number of rotatable bonds is 10. The van der Waals surface area contributed by atoms with E-state index in [0.717, 1.165) is 16.8 Å². The standard InChI is InChI=1S/C31H25N5O5/c37-28(23-7-4-8-25(15-23)36-14-13-32-20-36)17-29(38)34-27-16-22(9-11-26(27)35-31(39)40)24-10-12-30(33-18-24)41-19-21-5-2-1-3-6-21/h1-16,18,20,35H,17,19H2,(H,34,38)(H,39,40). The lowest BCUT2D eigenvalue weighted by Gasteiger charge is -2.13.